The Kier molecular flexibility index (Phi) is 4.81. The Morgan fingerprint density at radius 1 is 1.07 bits per heavy atom. The van der Waals surface area contributed by atoms with Crippen molar-refractivity contribution in [3.63, 3.8) is 0 Å². The molecule has 6 heteroatoms. The third-order valence-electron chi connectivity index (χ3n) is 5.75. The van der Waals surface area contributed by atoms with Gasteiger partial charge in [0, 0.05) is 19.3 Å². The highest BCUT2D eigenvalue weighted by atomic mass is 16.6. The van der Waals surface area contributed by atoms with Crippen molar-refractivity contribution < 1.29 is 14.3 Å². The zero-order valence-corrected chi connectivity index (χ0v) is 17.2. The molecule has 0 radical (unpaired) electrons. The Labute approximate surface area is 171 Å². The van der Waals surface area contributed by atoms with E-state index in [0.717, 1.165) is 5.56 Å². The van der Waals surface area contributed by atoms with Crippen LogP contribution in [0, 0.1) is 5.41 Å². The summed E-state index contributed by atoms with van der Waals surface area (Å²) in [5, 5.41) is 0. The number of carbonyl (C=O) groups is 2. The highest BCUT2D eigenvalue weighted by molar-refractivity contribution is 6.05. The van der Waals surface area contributed by atoms with Gasteiger partial charge in [-0.1, -0.05) is 36.4 Å². The number of rotatable bonds is 2. The Hall–Kier alpha value is -2.89. The number of β-lactam (4-membered cyclic amide) rings is 1. The van der Waals surface area contributed by atoms with E-state index in [4.69, 9.17) is 4.74 Å². The van der Waals surface area contributed by atoms with Gasteiger partial charge < -0.3 is 9.64 Å². The van der Waals surface area contributed by atoms with E-state index in [1.54, 1.807) is 16.0 Å². The van der Waals surface area contributed by atoms with Crippen molar-refractivity contribution in [2.45, 2.75) is 45.3 Å². The third kappa shape index (κ3) is 3.48. The summed E-state index contributed by atoms with van der Waals surface area (Å²) in [5.74, 6) is 0.764. The van der Waals surface area contributed by atoms with Crippen LogP contribution in [0.1, 0.15) is 45.2 Å². The van der Waals surface area contributed by atoms with Crippen molar-refractivity contribution in [2.75, 3.05) is 18.0 Å². The van der Waals surface area contributed by atoms with Crippen molar-refractivity contribution in [3.8, 4) is 0 Å². The Morgan fingerprint density at radius 2 is 1.72 bits per heavy atom. The topological polar surface area (TPSA) is 62.7 Å². The molecule has 0 N–H and O–H groups in total. The van der Waals surface area contributed by atoms with E-state index in [0.29, 0.717) is 31.7 Å². The van der Waals surface area contributed by atoms with Gasteiger partial charge in [0.2, 0.25) is 5.91 Å². The normalized spacial score (nSPS) is 21.1. The summed E-state index contributed by atoms with van der Waals surface area (Å²) in [4.78, 5) is 33.8. The Morgan fingerprint density at radius 3 is 2.31 bits per heavy atom. The molecule has 0 bridgehead atoms. The molecule has 2 amide bonds. The zero-order valence-electron chi connectivity index (χ0n) is 17.2. The number of likely N-dealkylation sites (tertiary alicyclic amines) is 1. The quantitative estimate of drug-likeness (QED) is 0.718. The van der Waals surface area contributed by atoms with Crippen LogP contribution in [0.2, 0.25) is 0 Å². The summed E-state index contributed by atoms with van der Waals surface area (Å²) < 4.78 is 5.51. The van der Waals surface area contributed by atoms with Crippen LogP contribution in [0.4, 0.5) is 10.6 Å². The van der Waals surface area contributed by atoms with Crippen molar-refractivity contribution in [1.29, 1.82) is 0 Å². The molecule has 1 aromatic carbocycles. The monoisotopic (exact) mass is 393 g/mol. The van der Waals surface area contributed by atoms with Gasteiger partial charge in [-0.15, -0.1) is 0 Å². The molecule has 2 fully saturated rings. The van der Waals surface area contributed by atoms with Crippen molar-refractivity contribution >= 4 is 17.8 Å². The number of anilines is 1. The van der Waals surface area contributed by atoms with Crippen LogP contribution in [-0.4, -0.2) is 40.6 Å². The second-order valence-corrected chi connectivity index (χ2v) is 8.80. The number of hydrogen-bond donors (Lipinski definition) is 0. The molecular formula is C23H27N3O3. The molecule has 3 heterocycles. The summed E-state index contributed by atoms with van der Waals surface area (Å²) in [6.45, 7) is 6.62. The summed E-state index contributed by atoms with van der Waals surface area (Å²) in [5.41, 5.74) is 0.0709. The van der Waals surface area contributed by atoms with Gasteiger partial charge in [0.15, 0.2) is 0 Å². The molecule has 6 nitrogen and oxygen atoms in total. The molecule has 0 saturated carbocycles. The molecule has 2 saturated heterocycles. The molecule has 1 atom stereocenters. The lowest BCUT2D eigenvalue weighted by molar-refractivity contribution is -0.144. The second kappa shape index (κ2) is 7.17. The van der Waals surface area contributed by atoms with E-state index < -0.39 is 11.0 Å². The number of pyridine rings is 1. The van der Waals surface area contributed by atoms with Crippen LogP contribution >= 0.6 is 0 Å². The third-order valence-corrected chi connectivity index (χ3v) is 5.75. The number of hydrogen-bond acceptors (Lipinski definition) is 4. The van der Waals surface area contributed by atoms with Crippen molar-refractivity contribution in [2.24, 2.45) is 5.41 Å². The molecule has 152 valence electrons. The number of ether oxygens (including phenoxy) is 1. The number of benzene rings is 1. The van der Waals surface area contributed by atoms with E-state index >= 15 is 0 Å². The van der Waals surface area contributed by atoms with Crippen LogP contribution in [0.5, 0.6) is 0 Å². The Bertz CT molecular complexity index is 885. The first-order chi connectivity index (χ1) is 13.8. The van der Waals surface area contributed by atoms with Crippen LogP contribution in [0.15, 0.2) is 54.7 Å². The van der Waals surface area contributed by atoms with E-state index in [1.165, 1.54) is 0 Å². The van der Waals surface area contributed by atoms with Gasteiger partial charge in [-0.2, -0.15) is 0 Å². The van der Waals surface area contributed by atoms with Gasteiger partial charge in [0.05, 0.1) is 11.5 Å². The summed E-state index contributed by atoms with van der Waals surface area (Å²) >= 11 is 0. The number of piperidine rings is 1. The lowest BCUT2D eigenvalue weighted by Crippen LogP contribution is -2.67. The summed E-state index contributed by atoms with van der Waals surface area (Å²) in [7, 11) is 0. The molecule has 4 rings (SSSR count). The summed E-state index contributed by atoms with van der Waals surface area (Å²) in [6.07, 6.45) is 2.64. The van der Waals surface area contributed by atoms with Gasteiger partial charge >= 0.3 is 6.09 Å². The van der Waals surface area contributed by atoms with Crippen molar-refractivity contribution in [3.05, 3.63) is 60.3 Å². The lowest BCUT2D eigenvalue weighted by atomic mass is 9.62. The molecule has 1 spiro atoms. The summed E-state index contributed by atoms with van der Waals surface area (Å²) in [6, 6.07) is 15.6. The number of carbonyl (C=O) groups excluding carboxylic acids is 2. The van der Waals surface area contributed by atoms with Crippen LogP contribution in [-0.2, 0) is 9.53 Å². The molecule has 1 unspecified atom stereocenters. The smallest absolute Gasteiger partial charge is 0.410 e. The van der Waals surface area contributed by atoms with E-state index in [1.807, 2.05) is 57.2 Å². The average Bonchev–Trinajstić information content (AvgIpc) is 2.71. The first-order valence-corrected chi connectivity index (χ1v) is 10.1. The van der Waals surface area contributed by atoms with Gasteiger partial charge in [-0.25, -0.2) is 9.78 Å². The minimum absolute atomic E-state index is 0.0770. The molecular weight excluding hydrogens is 366 g/mol. The fraction of sp³-hybridized carbons (Fsp3) is 0.435. The van der Waals surface area contributed by atoms with Gasteiger partial charge in [-0.3, -0.25) is 9.69 Å². The van der Waals surface area contributed by atoms with E-state index in [2.05, 4.69) is 17.1 Å². The number of nitrogens with zero attached hydrogens (tertiary/aromatic N) is 3. The lowest BCUT2D eigenvalue weighted by Gasteiger charge is -2.58. The largest absolute Gasteiger partial charge is 0.444 e. The average molecular weight is 393 g/mol. The van der Waals surface area contributed by atoms with Crippen LogP contribution in [0.3, 0.4) is 0 Å². The minimum Gasteiger partial charge on any atom is -0.444 e. The number of aromatic nitrogens is 1. The number of amides is 2. The van der Waals surface area contributed by atoms with Crippen LogP contribution in [0.25, 0.3) is 0 Å². The fourth-order valence-electron chi connectivity index (χ4n) is 4.39. The van der Waals surface area contributed by atoms with Crippen molar-refractivity contribution in [1.82, 2.24) is 9.88 Å². The second-order valence-electron chi connectivity index (χ2n) is 8.80. The predicted octanol–water partition coefficient (Wildman–Crippen LogP) is 4.19. The first kappa shape index (κ1) is 19.4. The fourth-order valence-corrected chi connectivity index (χ4v) is 4.39. The van der Waals surface area contributed by atoms with Gasteiger partial charge in [-0.05, 0) is 51.3 Å². The predicted molar refractivity (Wildman–Crippen MR) is 110 cm³/mol. The standard InChI is InChI=1S/C23H27N3O3/c1-22(2,3)29-21(28)25-15-12-23(13-16-25)19(17-9-5-4-6-10-17)26(20(23)27)18-11-7-8-14-24-18/h4-11,14,19H,12-13,15-16H2,1-3H3. The highest BCUT2D eigenvalue weighted by Gasteiger charge is 2.62. The highest BCUT2D eigenvalue weighted by Crippen LogP contribution is 2.57. The maximum Gasteiger partial charge on any atom is 0.410 e. The first-order valence-electron chi connectivity index (χ1n) is 10.1. The SMILES string of the molecule is CC(C)(C)OC(=O)N1CCC2(CC1)C(=O)N(c1ccccn1)C2c1ccccc1. The maximum atomic E-state index is 13.4. The Balaban J connectivity index is 1.58. The molecule has 29 heavy (non-hydrogen) atoms. The van der Waals surface area contributed by atoms with Gasteiger partial charge in [0.1, 0.15) is 11.4 Å². The van der Waals surface area contributed by atoms with Crippen LogP contribution < -0.4 is 4.90 Å². The zero-order chi connectivity index (χ0) is 20.6. The van der Waals surface area contributed by atoms with E-state index in [9.17, 15) is 9.59 Å². The molecule has 1 aromatic heterocycles. The molecule has 2 aliphatic heterocycles. The minimum atomic E-state index is -0.527. The molecule has 0 aliphatic carbocycles. The molecule has 2 aromatic rings. The van der Waals surface area contributed by atoms with E-state index in [-0.39, 0.29) is 18.0 Å². The molecule has 2 aliphatic rings. The van der Waals surface area contributed by atoms with Gasteiger partial charge in [0.25, 0.3) is 0 Å². The maximum absolute atomic E-state index is 13.4.